The highest BCUT2D eigenvalue weighted by Crippen LogP contribution is 2.32. The number of rotatable bonds is 3. The standard InChI is InChI=1S/C15H20FN3O2/c16-10-8-13(14(17)20)19(9-10)15(21)12-6-3-7-18(12)11-4-1-2-5-11/h3,6-7,10-11,13H,1-2,4-5,8-9H2,(H2,17,20)/t10-,13+/m1/s1. The van der Waals surface area contributed by atoms with Crippen LogP contribution in [0, 0.1) is 0 Å². The van der Waals surface area contributed by atoms with Crippen molar-refractivity contribution in [2.24, 2.45) is 5.73 Å². The summed E-state index contributed by atoms with van der Waals surface area (Å²) in [6, 6.07) is 3.06. The van der Waals surface area contributed by atoms with Gasteiger partial charge in [0.1, 0.15) is 17.9 Å². The second-order valence-electron chi connectivity index (χ2n) is 5.95. The molecule has 1 aliphatic heterocycles. The highest BCUT2D eigenvalue weighted by Gasteiger charge is 2.40. The van der Waals surface area contributed by atoms with Crippen LogP contribution in [0.25, 0.3) is 0 Å². The molecule has 1 aromatic heterocycles. The Morgan fingerprint density at radius 1 is 1.29 bits per heavy atom. The second kappa shape index (κ2) is 5.50. The first-order chi connectivity index (χ1) is 10.1. The average Bonchev–Trinajstić information content (AvgIpc) is 3.17. The molecule has 2 aliphatic rings. The van der Waals surface area contributed by atoms with Crippen LogP contribution >= 0.6 is 0 Å². The van der Waals surface area contributed by atoms with Gasteiger partial charge in [-0.2, -0.15) is 0 Å². The lowest BCUT2D eigenvalue weighted by Gasteiger charge is -2.24. The first-order valence-corrected chi connectivity index (χ1v) is 7.49. The normalized spacial score (nSPS) is 26.4. The van der Waals surface area contributed by atoms with Gasteiger partial charge in [0, 0.05) is 18.7 Å². The molecule has 0 bridgehead atoms. The minimum Gasteiger partial charge on any atom is -0.368 e. The Kier molecular flexibility index (Phi) is 3.69. The van der Waals surface area contributed by atoms with Crippen LogP contribution in [0.2, 0.25) is 0 Å². The topological polar surface area (TPSA) is 68.3 Å². The number of alkyl halides is 1. The fourth-order valence-electron chi connectivity index (χ4n) is 3.50. The Morgan fingerprint density at radius 3 is 2.67 bits per heavy atom. The van der Waals surface area contributed by atoms with Crippen LogP contribution in [0.1, 0.15) is 48.6 Å². The van der Waals surface area contributed by atoms with Crippen LogP contribution in [0.3, 0.4) is 0 Å². The molecule has 114 valence electrons. The first kappa shape index (κ1) is 14.1. The van der Waals surface area contributed by atoms with Crippen molar-refractivity contribution >= 4 is 11.8 Å². The third-order valence-corrected chi connectivity index (χ3v) is 4.56. The van der Waals surface area contributed by atoms with E-state index >= 15 is 0 Å². The van der Waals surface area contributed by atoms with Gasteiger partial charge in [0.05, 0.1) is 6.54 Å². The summed E-state index contributed by atoms with van der Waals surface area (Å²) in [5.41, 5.74) is 5.83. The molecule has 1 saturated carbocycles. The smallest absolute Gasteiger partial charge is 0.271 e. The van der Waals surface area contributed by atoms with E-state index in [2.05, 4.69) is 0 Å². The number of halogens is 1. The molecule has 2 N–H and O–H groups in total. The summed E-state index contributed by atoms with van der Waals surface area (Å²) in [6.07, 6.45) is 5.16. The molecule has 0 radical (unpaired) electrons. The molecule has 0 spiro atoms. The molecule has 1 aliphatic carbocycles. The van der Waals surface area contributed by atoms with Gasteiger partial charge in [-0.05, 0) is 25.0 Å². The molecule has 3 rings (SSSR count). The highest BCUT2D eigenvalue weighted by atomic mass is 19.1. The van der Waals surface area contributed by atoms with Crippen LogP contribution in [-0.2, 0) is 4.79 Å². The van der Waals surface area contributed by atoms with Crippen molar-refractivity contribution in [3.8, 4) is 0 Å². The summed E-state index contributed by atoms with van der Waals surface area (Å²) < 4.78 is 15.6. The number of hydrogen-bond acceptors (Lipinski definition) is 2. The van der Waals surface area contributed by atoms with Crippen molar-refractivity contribution in [1.29, 1.82) is 0 Å². The molecule has 1 saturated heterocycles. The summed E-state index contributed by atoms with van der Waals surface area (Å²) in [6.45, 7) is -0.0533. The third kappa shape index (κ3) is 2.54. The van der Waals surface area contributed by atoms with E-state index in [1.165, 1.54) is 4.90 Å². The van der Waals surface area contributed by atoms with E-state index in [0.717, 1.165) is 25.7 Å². The minimum absolute atomic E-state index is 0.00517. The Hall–Kier alpha value is -1.85. The Balaban J connectivity index is 1.85. The van der Waals surface area contributed by atoms with Crippen LogP contribution in [0.15, 0.2) is 18.3 Å². The number of hydrogen-bond donors (Lipinski definition) is 1. The molecule has 0 aromatic carbocycles. The molecule has 1 aromatic rings. The maximum Gasteiger partial charge on any atom is 0.271 e. The number of likely N-dealkylation sites (tertiary alicyclic amines) is 1. The SMILES string of the molecule is NC(=O)[C@@H]1C[C@@H](F)CN1C(=O)c1cccn1C1CCCC1. The summed E-state index contributed by atoms with van der Waals surface area (Å²) in [4.78, 5) is 25.4. The lowest BCUT2D eigenvalue weighted by molar-refractivity contribution is -0.121. The molecule has 0 unspecified atom stereocenters. The fourth-order valence-corrected chi connectivity index (χ4v) is 3.50. The summed E-state index contributed by atoms with van der Waals surface area (Å²) in [5, 5.41) is 0. The lowest BCUT2D eigenvalue weighted by Crippen LogP contribution is -2.44. The average molecular weight is 293 g/mol. The van der Waals surface area contributed by atoms with Gasteiger partial charge in [-0.25, -0.2) is 4.39 Å². The van der Waals surface area contributed by atoms with Crippen molar-refractivity contribution in [3.05, 3.63) is 24.0 Å². The van der Waals surface area contributed by atoms with Crippen LogP contribution in [0.4, 0.5) is 4.39 Å². The number of carbonyl (C=O) groups excluding carboxylic acids is 2. The highest BCUT2D eigenvalue weighted by molar-refractivity contribution is 5.96. The van der Waals surface area contributed by atoms with Gasteiger partial charge < -0.3 is 15.2 Å². The molecule has 2 amide bonds. The molecule has 2 fully saturated rings. The van der Waals surface area contributed by atoms with E-state index in [9.17, 15) is 14.0 Å². The van der Waals surface area contributed by atoms with Gasteiger partial charge in [-0.3, -0.25) is 9.59 Å². The summed E-state index contributed by atoms with van der Waals surface area (Å²) >= 11 is 0. The Bertz CT molecular complexity index is 551. The predicted molar refractivity (Wildman–Crippen MR) is 75.5 cm³/mol. The fraction of sp³-hybridized carbons (Fsp3) is 0.600. The van der Waals surface area contributed by atoms with E-state index in [1.54, 1.807) is 6.07 Å². The van der Waals surface area contributed by atoms with Gasteiger partial charge in [0.25, 0.3) is 5.91 Å². The first-order valence-electron chi connectivity index (χ1n) is 7.49. The van der Waals surface area contributed by atoms with E-state index in [4.69, 9.17) is 5.73 Å². The zero-order valence-corrected chi connectivity index (χ0v) is 11.9. The number of nitrogens with zero attached hydrogens (tertiary/aromatic N) is 2. The van der Waals surface area contributed by atoms with Gasteiger partial charge in [-0.15, -0.1) is 0 Å². The number of primary amides is 1. The van der Waals surface area contributed by atoms with Crippen LogP contribution in [0.5, 0.6) is 0 Å². The Labute approximate surface area is 122 Å². The molecular formula is C15H20FN3O2. The molecule has 21 heavy (non-hydrogen) atoms. The van der Waals surface area contributed by atoms with Crippen molar-refractivity contribution < 1.29 is 14.0 Å². The Morgan fingerprint density at radius 2 is 2.00 bits per heavy atom. The van der Waals surface area contributed by atoms with Gasteiger partial charge in [0.15, 0.2) is 0 Å². The number of amides is 2. The van der Waals surface area contributed by atoms with E-state index in [0.29, 0.717) is 11.7 Å². The molecule has 6 heteroatoms. The van der Waals surface area contributed by atoms with Crippen molar-refractivity contribution in [2.45, 2.75) is 50.4 Å². The summed E-state index contributed by atoms with van der Waals surface area (Å²) in [7, 11) is 0. The molecule has 2 heterocycles. The van der Waals surface area contributed by atoms with Crippen molar-refractivity contribution in [1.82, 2.24) is 9.47 Å². The third-order valence-electron chi connectivity index (χ3n) is 4.56. The van der Waals surface area contributed by atoms with E-state index in [1.807, 2.05) is 16.8 Å². The van der Waals surface area contributed by atoms with Crippen molar-refractivity contribution in [3.63, 3.8) is 0 Å². The quantitative estimate of drug-likeness (QED) is 0.920. The zero-order chi connectivity index (χ0) is 15.0. The van der Waals surface area contributed by atoms with Gasteiger partial charge in [0.2, 0.25) is 5.91 Å². The monoisotopic (exact) mass is 293 g/mol. The number of nitrogens with two attached hydrogens (primary N) is 1. The van der Waals surface area contributed by atoms with Crippen molar-refractivity contribution in [2.75, 3.05) is 6.54 Å². The number of aromatic nitrogens is 1. The molecular weight excluding hydrogens is 273 g/mol. The lowest BCUT2D eigenvalue weighted by atomic mass is 10.2. The van der Waals surface area contributed by atoms with Crippen LogP contribution in [-0.4, -0.2) is 40.0 Å². The number of carbonyl (C=O) groups is 2. The zero-order valence-electron chi connectivity index (χ0n) is 11.9. The van der Waals surface area contributed by atoms with Crippen LogP contribution < -0.4 is 5.73 Å². The largest absolute Gasteiger partial charge is 0.368 e. The van der Waals surface area contributed by atoms with E-state index in [-0.39, 0.29) is 18.9 Å². The maximum absolute atomic E-state index is 13.6. The predicted octanol–water partition coefficient (Wildman–Crippen LogP) is 1.64. The molecule has 2 atom stereocenters. The van der Waals surface area contributed by atoms with E-state index < -0.39 is 18.1 Å². The van der Waals surface area contributed by atoms with Gasteiger partial charge >= 0.3 is 0 Å². The summed E-state index contributed by atoms with van der Waals surface area (Å²) in [5.74, 6) is -0.932. The van der Waals surface area contributed by atoms with Gasteiger partial charge in [-0.1, -0.05) is 12.8 Å². The molecule has 5 nitrogen and oxygen atoms in total. The minimum atomic E-state index is -1.18. The second-order valence-corrected chi connectivity index (χ2v) is 5.95. The maximum atomic E-state index is 13.6.